The number of fused-ring (bicyclic) bond motifs is 5. The minimum atomic E-state index is -0.359. The monoisotopic (exact) mass is 361 g/mol. The van der Waals surface area contributed by atoms with Crippen molar-refractivity contribution in [3.8, 4) is 0 Å². The van der Waals surface area contributed by atoms with Crippen LogP contribution >= 0.6 is 0 Å². The average molecular weight is 361 g/mol. The molecule has 144 valence electrons. The van der Waals surface area contributed by atoms with E-state index in [0.717, 1.165) is 32.1 Å². The number of amides is 1. The zero-order valence-corrected chi connectivity index (χ0v) is 15.8. The van der Waals surface area contributed by atoms with Gasteiger partial charge in [-0.1, -0.05) is 25.5 Å². The lowest BCUT2D eigenvalue weighted by Gasteiger charge is -2.59. The molecule has 0 aromatic heterocycles. The molecule has 5 nitrogen and oxygen atoms in total. The van der Waals surface area contributed by atoms with Crippen LogP contribution < -0.4 is 5.48 Å². The number of hydrogen-bond acceptors (Lipinski definition) is 4. The predicted octanol–water partition coefficient (Wildman–Crippen LogP) is 3.00. The highest BCUT2D eigenvalue weighted by Crippen LogP contribution is 2.65. The van der Waals surface area contributed by atoms with Crippen molar-refractivity contribution in [1.29, 1.82) is 0 Å². The molecule has 4 rings (SSSR count). The summed E-state index contributed by atoms with van der Waals surface area (Å²) in [6, 6.07) is 0. The molecule has 0 aromatic rings. The number of hydroxylamine groups is 1. The van der Waals surface area contributed by atoms with Gasteiger partial charge in [0.25, 0.3) is 0 Å². The summed E-state index contributed by atoms with van der Waals surface area (Å²) in [5.74, 6) is 1.16. The quantitative estimate of drug-likeness (QED) is 0.401. The smallest absolute Gasteiger partial charge is 0.243 e. The van der Waals surface area contributed by atoms with Gasteiger partial charge < -0.3 is 5.11 Å². The van der Waals surface area contributed by atoms with E-state index < -0.39 is 0 Å². The van der Waals surface area contributed by atoms with E-state index in [2.05, 4.69) is 19.9 Å². The van der Waals surface area contributed by atoms with Crippen LogP contribution in [0.25, 0.3) is 0 Å². The zero-order valence-electron chi connectivity index (χ0n) is 15.8. The number of rotatable bonds is 2. The van der Waals surface area contributed by atoms with Crippen molar-refractivity contribution in [3.63, 3.8) is 0 Å². The summed E-state index contributed by atoms with van der Waals surface area (Å²) in [5, 5.41) is 19.2. The Morgan fingerprint density at radius 1 is 1.19 bits per heavy atom. The molecule has 4 aliphatic carbocycles. The topological polar surface area (TPSA) is 86.6 Å². The van der Waals surface area contributed by atoms with E-state index in [-0.39, 0.29) is 35.2 Å². The van der Waals surface area contributed by atoms with E-state index in [9.17, 15) is 14.7 Å². The second-order valence-corrected chi connectivity index (χ2v) is 9.62. The standard InChI is InChI=1S/C21H31NO4/c1-20-7-5-14(23)11-13(20)9-12(10-18(25)22-26)19-15-3-4-17(24)21(15,2)8-6-16(19)20/h9,12,14-16,19,23,26H,3-8,10-11H2,1-2H3,(H,22,25)/t12?,14-,15-,16-,19-,20-,21-/m0/s1. The number of Topliss-reactive ketones (excluding diaryl/α,β-unsaturated/α-hetero) is 1. The fraction of sp³-hybridized carbons (Fsp3) is 0.810. The Bertz CT molecular complexity index is 658. The molecule has 1 unspecified atom stereocenters. The molecule has 0 radical (unpaired) electrons. The van der Waals surface area contributed by atoms with Crippen LogP contribution in [0.2, 0.25) is 0 Å². The lowest BCUT2D eigenvalue weighted by molar-refractivity contribution is -0.136. The number of carbonyl (C=O) groups is 2. The third kappa shape index (κ3) is 2.50. The van der Waals surface area contributed by atoms with Crippen LogP contribution in [0, 0.1) is 34.5 Å². The summed E-state index contributed by atoms with van der Waals surface area (Å²) >= 11 is 0. The van der Waals surface area contributed by atoms with Gasteiger partial charge in [0.2, 0.25) is 5.91 Å². The van der Waals surface area contributed by atoms with E-state index in [1.54, 1.807) is 5.48 Å². The Morgan fingerprint density at radius 2 is 1.88 bits per heavy atom. The predicted molar refractivity (Wildman–Crippen MR) is 96.1 cm³/mol. The molecule has 1 amide bonds. The maximum absolute atomic E-state index is 12.6. The molecule has 3 saturated carbocycles. The largest absolute Gasteiger partial charge is 0.393 e. The first-order chi connectivity index (χ1) is 12.3. The molecule has 5 heteroatoms. The van der Waals surface area contributed by atoms with Gasteiger partial charge in [0.15, 0.2) is 0 Å². The Morgan fingerprint density at radius 3 is 2.62 bits per heavy atom. The van der Waals surface area contributed by atoms with Crippen LogP contribution in [0.1, 0.15) is 65.2 Å². The van der Waals surface area contributed by atoms with E-state index >= 15 is 0 Å². The zero-order chi connectivity index (χ0) is 18.7. The second-order valence-electron chi connectivity index (χ2n) is 9.62. The van der Waals surface area contributed by atoms with Gasteiger partial charge in [-0.25, -0.2) is 5.48 Å². The lowest BCUT2D eigenvalue weighted by atomic mass is 9.45. The van der Waals surface area contributed by atoms with Gasteiger partial charge in [-0.2, -0.15) is 0 Å². The summed E-state index contributed by atoms with van der Waals surface area (Å²) in [6.07, 6.45) is 8.26. The summed E-state index contributed by atoms with van der Waals surface area (Å²) < 4.78 is 0. The Labute approximate surface area is 155 Å². The molecule has 0 aliphatic heterocycles. The number of allylic oxidation sites excluding steroid dienone is 1. The molecular weight excluding hydrogens is 330 g/mol. The molecule has 0 saturated heterocycles. The lowest BCUT2D eigenvalue weighted by Crippen LogP contribution is -2.53. The van der Waals surface area contributed by atoms with Crippen LogP contribution in [0.5, 0.6) is 0 Å². The first-order valence-electron chi connectivity index (χ1n) is 10.1. The highest BCUT2D eigenvalue weighted by Gasteiger charge is 2.60. The van der Waals surface area contributed by atoms with Crippen molar-refractivity contribution in [1.82, 2.24) is 5.48 Å². The SMILES string of the molecule is C[C@]12CC[C@H](O)CC1=CC(CC(=O)NO)[C@@H]1[C@@H]2CC[C@]2(C)C(=O)CC[C@@H]12. The Balaban J connectivity index is 1.76. The number of ketones is 1. The first kappa shape index (κ1) is 18.2. The van der Waals surface area contributed by atoms with Crippen LogP contribution in [0.15, 0.2) is 11.6 Å². The van der Waals surface area contributed by atoms with Gasteiger partial charge in [-0.3, -0.25) is 14.8 Å². The van der Waals surface area contributed by atoms with Crippen LogP contribution in [0.3, 0.4) is 0 Å². The van der Waals surface area contributed by atoms with Crippen molar-refractivity contribution in [3.05, 3.63) is 11.6 Å². The van der Waals surface area contributed by atoms with Gasteiger partial charge in [0, 0.05) is 18.3 Å². The first-order valence-corrected chi connectivity index (χ1v) is 10.1. The van der Waals surface area contributed by atoms with Gasteiger partial charge >= 0.3 is 0 Å². The van der Waals surface area contributed by atoms with Crippen molar-refractivity contribution >= 4 is 11.7 Å². The van der Waals surface area contributed by atoms with E-state index in [1.807, 2.05) is 0 Å². The molecule has 4 aliphatic rings. The third-order valence-electron chi connectivity index (χ3n) is 8.50. The average Bonchev–Trinajstić information content (AvgIpc) is 2.91. The third-order valence-corrected chi connectivity index (χ3v) is 8.50. The van der Waals surface area contributed by atoms with Crippen LogP contribution in [-0.4, -0.2) is 28.1 Å². The maximum atomic E-state index is 12.6. The molecule has 0 heterocycles. The number of aliphatic hydroxyl groups is 1. The fourth-order valence-corrected chi connectivity index (χ4v) is 7.03. The van der Waals surface area contributed by atoms with Crippen molar-refractivity contribution in [2.45, 2.75) is 71.3 Å². The normalized spacial score (nSPS) is 47.5. The van der Waals surface area contributed by atoms with Gasteiger partial charge in [0.1, 0.15) is 5.78 Å². The number of aliphatic hydroxyl groups excluding tert-OH is 1. The molecule has 7 atom stereocenters. The van der Waals surface area contributed by atoms with Gasteiger partial charge in [0.05, 0.1) is 6.10 Å². The van der Waals surface area contributed by atoms with E-state index in [4.69, 9.17) is 5.21 Å². The summed E-state index contributed by atoms with van der Waals surface area (Å²) in [6.45, 7) is 4.47. The van der Waals surface area contributed by atoms with Gasteiger partial charge in [-0.05, 0) is 67.6 Å². The second kappa shape index (κ2) is 6.16. The Hall–Kier alpha value is -1.20. The number of carbonyl (C=O) groups excluding carboxylic acids is 2. The molecule has 3 fully saturated rings. The summed E-state index contributed by atoms with van der Waals surface area (Å²) in [7, 11) is 0. The van der Waals surface area contributed by atoms with E-state index in [1.165, 1.54) is 5.57 Å². The molecule has 0 bridgehead atoms. The summed E-state index contributed by atoms with van der Waals surface area (Å²) in [4.78, 5) is 24.6. The Kier molecular flexibility index (Phi) is 4.31. The molecule has 0 spiro atoms. The van der Waals surface area contributed by atoms with Crippen LogP contribution in [-0.2, 0) is 9.59 Å². The van der Waals surface area contributed by atoms with Crippen molar-refractivity contribution < 1.29 is 19.9 Å². The summed E-state index contributed by atoms with van der Waals surface area (Å²) in [5.41, 5.74) is 2.91. The molecule has 3 N–H and O–H groups in total. The minimum Gasteiger partial charge on any atom is -0.393 e. The van der Waals surface area contributed by atoms with E-state index in [0.29, 0.717) is 36.4 Å². The number of nitrogens with one attached hydrogen (secondary N) is 1. The van der Waals surface area contributed by atoms with Crippen LogP contribution in [0.4, 0.5) is 0 Å². The van der Waals surface area contributed by atoms with Crippen molar-refractivity contribution in [2.24, 2.45) is 34.5 Å². The maximum Gasteiger partial charge on any atom is 0.243 e. The van der Waals surface area contributed by atoms with Crippen molar-refractivity contribution in [2.75, 3.05) is 0 Å². The minimum absolute atomic E-state index is 0.0380. The van der Waals surface area contributed by atoms with Gasteiger partial charge in [-0.15, -0.1) is 0 Å². The fourth-order valence-electron chi connectivity index (χ4n) is 7.03. The highest BCUT2D eigenvalue weighted by atomic mass is 16.5. The molecule has 26 heavy (non-hydrogen) atoms. The number of hydrogen-bond donors (Lipinski definition) is 3. The highest BCUT2D eigenvalue weighted by molar-refractivity contribution is 5.87. The molecule has 0 aromatic carbocycles. The molecular formula is C21H31NO4.